The highest BCUT2D eigenvalue weighted by molar-refractivity contribution is 9.08. The fourth-order valence-electron chi connectivity index (χ4n) is 2.38. The van der Waals surface area contributed by atoms with Crippen molar-refractivity contribution in [3.63, 3.8) is 0 Å². The molecule has 0 radical (unpaired) electrons. The molecule has 0 unspecified atom stereocenters. The maximum absolute atomic E-state index is 11.6. The SMILES string of the molecule is CCOC(=O)c1ccc(C#Cc2ccc(CBr)c(C(C)C)c2)cc1. The molecule has 124 valence electrons. The van der Waals surface area contributed by atoms with Crippen LogP contribution >= 0.6 is 15.9 Å². The third kappa shape index (κ3) is 4.72. The van der Waals surface area contributed by atoms with E-state index in [2.05, 4.69) is 53.8 Å². The van der Waals surface area contributed by atoms with Crippen LogP contribution < -0.4 is 0 Å². The zero-order valence-corrected chi connectivity index (χ0v) is 15.8. The van der Waals surface area contributed by atoms with Gasteiger partial charge in [0.25, 0.3) is 0 Å². The molecule has 2 nitrogen and oxygen atoms in total. The first-order chi connectivity index (χ1) is 11.5. The van der Waals surface area contributed by atoms with E-state index < -0.39 is 0 Å². The summed E-state index contributed by atoms with van der Waals surface area (Å²) in [7, 11) is 0. The molecular formula is C21H21BrO2. The highest BCUT2D eigenvalue weighted by Gasteiger charge is 2.06. The molecule has 0 heterocycles. The van der Waals surface area contributed by atoms with Crippen molar-refractivity contribution in [1.82, 2.24) is 0 Å². The number of halogens is 1. The van der Waals surface area contributed by atoms with Crippen LogP contribution in [0.25, 0.3) is 0 Å². The van der Waals surface area contributed by atoms with Gasteiger partial charge in [-0.3, -0.25) is 0 Å². The highest BCUT2D eigenvalue weighted by Crippen LogP contribution is 2.23. The maximum atomic E-state index is 11.6. The molecule has 0 saturated carbocycles. The summed E-state index contributed by atoms with van der Waals surface area (Å²) in [4.78, 5) is 11.6. The second-order valence-corrected chi connectivity index (χ2v) is 6.31. The van der Waals surface area contributed by atoms with Crippen molar-refractivity contribution in [2.24, 2.45) is 0 Å². The van der Waals surface area contributed by atoms with E-state index in [4.69, 9.17) is 4.74 Å². The largest absolute Gasteiger partial charge is 0.462 e. The van der Waals surface area contributed by atoms with Gasteiger partial charge in [-0.25, -0.2) is 4.79 Å². The molecule has 0 amide bonds. The number of hydrogen-bond donors (Lipinski definition) is 0. The normalized spacial score (nSPS) is 10.2. The van der Waals surface area contributed by atoms with Crippen LogP contribution in [-0.4, -0.2) is 12.6 Å². The van der Waals surface area contributed by atoms with E-state index >= 15 is 0 Å². The zero-order valence-electron chi connectivity index (χ0n) is 14.2. The Balaban J connectivity index is 2.20. The van der Waals surface area contributed by atoms with E-state index in [9.17, 15) is 4.79 Å². The third-order valence-corrected chi connectivity index (χ3v) is 4.26. The van der Waals surface area contributed by atoms with E-state index in [1.54, 1.807) is 19.1 Å². The lowest BCUT2D eigenvalue weighted by atomic mass is 9.96. The molecule has 0 aliphatic rings. The first-order valence-electron chi connectivity index (χ1n) is 8.03. The lowest BCUT2D eigenvalue weighted by Crippen LogP contribution is -2.04. The van der Waals surface area contributed by atoms with E-state index in [1.807, 2.05) is 18.2 Å². The molecule has 2 rings (SSSR count). The average molecular weight is 385 g/mol. The van der Waals surface area contributed by atoms with Gasteiger partial charge in [-0.2, -0.15) is 0 Å². The Morgan fingerprint density at radius 1 is 1.08 bits per heavy atom. The molecule has 3 heteroatoms. The van der Waals surface area contributed by atoms with Crippen molar-refractivity contribution in [3.05, 3.63) is 70.3 Å². The van der Waals surface area contributed by atoms with Crippen LogP contribution in [0.15, 0.2) is 42.5 Å². The number of ether oxygens (including phenoxy) is 1. The lowest BCUT2D eigenvalue weighted by molar-refractivity contribution is 0.0526. The fourth-order valence-corrected chi connectivity index (χ4v) is 2.89. The summed E-state index contributed by atoms with van der Waals surface area (Å²) in [5, 5.41) is 0.851. The Labute approximate surface area is 152 Å². The van der Waals surface area contributed by atoms with Gasteiger partial charge in [-0.1, -0.05) is 47.7 Å². The van der Waals surface area contributed by atoms with Gasteiger partial charge in [0.2, 0.25) is 0 Å². The van der Waals surface area contributed by atoms with Crippen LogP contribution in [0.3, 0.4) is 0 Å². The predicted molar refractivity (Wildman–Crippen MR) is 102 cm³/mol. The number of rotatable bonds is 4. The summed E-state index contributed by atoms with van der Waals surface area (Å²) >= 11 is 3.53. The monoisotopic (exact) mass is 384 g/mol. The quantitative estimate of drug-likeness (QED) is 0.407. The van der Waals surface area contributed by atoms with Crippen LogP contribution in [0.4, 0.5) is 0 Å². The van der Waals surface area contributed by atoms with Gasteiger partial charge in [0.1, 0.15) is 0 Å². The molecule has 0 saturated heterocycles. The number of carbonyl (C=O) groups excluding carboxylic acids is 1. The molecule has 2 aromatic rings. The summed E-state index contributed by atoms with van der Waals surface area (Å²) in [6.45, 7) is 6.55. The van der Waals surface area contributed by atoms with Crippen LogP contribution in [-0.2, 0) is 10.1 Å². The number of esters is 1. The molecule has 2 aromatic carbocycles. The fraction of sp³-hybridized carbons (Fsp3) is 0.286. The summed E-state index contributed by atoms with van der Waals surface area (Å²) in [6.07, 6.45) is 0. The minimum atomic E-state index is -0.302. The molecule has 0 N–H and O–H groups in total. The number of benzene rings is 2. The van der Waals surface area contributed by atoms with Gasteiger partial charge < -0.3 is 4.74 Å². The average Bonchev–Trinajstić information content (AvgIpc) is 2.60. The smallest absolute Gasteiger partial charge is 0.338 e. The van der Waals surface area contributed by atoms with Gasteiger partial charge in [0.05, 0.1) is 12.2 Å². The molecule has 0 aliphatic heterocycles. The molecule has 0 atom stereocenters. The minimum absolute atomic E-state index is 0.302. The van der Waals surface area contributed by atoms with Gasteiger partial charge >= 0.3 is 5.97 Å². The first-order valence-corrected chi connectivity index (χ1v) is 9.15. The molecule has 0 aliphatic carbocycles. The van der Waals surface area contributed by atoms with Crippen LogP contribution in [0.2, 0.25) is 0 Å². The number of carbonyl (C=O) groups is 1. The van der Waals surface area contributed by atoms with Crippen LogP contribution in [0.5, 0.6) is 0 Å². The van der Waals surface area contributed by atoms with Crippen molar-refractivity contribution in [2.45, 2.75) is 32.0 Å². The predicted octanol–water partition coefficient (Wildman–Crippen LogP) is 5.28. The van der Waals surface area contributed by atoms with Gasteiger partial charge in [0, 0.05) is 16.5 Å². The summed E-state index contributed by atoms with van der Waals surface area (Å²) in [5.74, 6) is 6.51. The van der Waals surface area contributed by atoms with Crippen LogP contribution in [0, 0.1) is 11.8 Å². The lowest BCUT2D eigenvalue weighted by Gasteiger charge is -2.11. The Bertz CT molecular complexity index is 765. The van der Waals surface area contributed by atoms with E-state index in [-0.39, 0.29) is 5.97 Å². The van der Waals surface area contributed by atoms with Crippen molar-refractivity contribution in [2.75, 3.05) is 6.61 Å². The molecule has 0 bridgehead atoms. The molecule has 0 spiro atoms. The third-order valence-electron chi connectivity index (χ3n) is 3.66. The molecule has 0 fully saturated rings. The van der Waals surface area contributed by atoms with E-state index in [0.29, 0.717) is 18.1 Å². The van der Waals surface area contributed by atoms with Gasteiger partial charge in [-0.05, 0) is 60.4 Å². The van der Waals surface area contributed by atoms with Crippen LogP contribution in [0.1, 0.15) is 59.3 Å². The van der Waals surface area contributed by atoms with Gasteiger partial charge in [-0.15, -0.1) is 0 Å². The Hall–Kier alpha value is -2.05. The maximum Gasteiger partial charge on any atom is 0.338 e. The van der Waals surface area contributed by atoms with Crippen molar-refractivity contribution >= 4 is 21.9 Å². The van der Waals surface area contributed by atoms with Gasteiger partial charge in [0.15, 0.2) is 0 Å². The first kappa shape index (κ1) is 18.3. The summed E-state index contributed by atoms with van der Waals surface area (Å²) in [6, 6.07) is 13.5. The summed E-state index contributed by atoms with van der Waals surface area (Å²) in [5.41, 5.74) is 5.04. The minimum Gasteiger partial charge on any atom is -0.462 e. The highest BCUT2D eigenvalue weighted by atomic mass is 79.9. The van der Waals surface area contributed by atoms with E-state index in [0.717, 1.165) is 16.5 Å². The Kier molecular flexibility index (Phi) is 6.63. The standard InChI is InChI=1S/C21H21BrO2/c1-4-24-21(23)18-10-7-16(8-11-18)5-6-17-9-12-19(14-22)20(13-17)15(2)3/h7-13,15H,4,14H2,1-3H3. The molecular weight excluding hydrogens is 364 g/mol. The Morgan fingerprint density at radius 2 is 1.71 bits per heavy atom. The second-order valence-electron chi connectivity index (χ2n) is 5.75. The number of hydrogen-bond acceptors (Lipinski definition) is 2. The second kappa shape index (κ2) is 8.70. The number of alkyl halides is 1. The zero-order chi connectivity index (χ0) is 17.5. The Morgan fingerprint density at radius 3 is 2.29 bits per heavy atom. The molecule has 0 aromatic heterocycles. The van der Waals surface area contributed by atoms with Crippen molar-refractivity contribution in [3.8, 4) is 11.8 Å². The van der Waals surface area contributed by atoms with Crippen molar-refractivity contribution < 1.29 is 9.53 Å². The summed E-state index contributed by atoms with van der Waals surface area (Å²) < 4.78 is 4.98. The van der Waals surface area contributed by atoms with Crippen molar-refractivity contribution in [1.29, 1.82) is 0 Å². The topological polar surface area (TPSA) is 26.3 Å². The van der Waals surface area contributed by atoms with E-state index in [1.165, 1.54) is 11.1 Å². The molecule has 24 heavy (non-hydrogen) atoms.